The molecule has 2 N–H and O–H groups in total. The molecule has 1 unspecified atom stereocenters. The Bertz CT molecular complexity index is 1180. The molecule has 9 heteroatoms. The topological polar surface area (TPSA) is 104 Å². The average molecular weight is 474 g/mol. The summed E-state index contributed by atoms with van der Waals surface area (Å²) < 4.78 is 29.3. The molecule has 0 aliphatic heterocycles. The van der Waals surface area contributed by atoms with Crippen LogP contribution in [0.1, 0.15) is 46.4 Å². The van der Waals surface area contributed by atoms with Crippen LogP contribution in [0.15, 0.2) is 54.6 Å². The third-order valence-corrected chi connectivity index (χ3v) is 6.28. The number of aryl methyl sites for hydroxylation is 1. The number of carboxylic acid groups (broad SMARTS) is 1. The number of ether oxygens (including phenoxy) is 1. The largest absolute Gasteiger partial charge is 0.478 e. The van der Waals surface area contributed by atoms with Gasteiger partial charge in [0, 0.05) is 4.88 Å². The van der Waals surface area contributed by atoms with Crippen molar-refractivity contribution in [3.8, 4) is 10.4 Å². The molecule has 3 aromatic rings. The molecule has 0 amide bonds. The van der Waals surface area contributed by atoms with Crippen LogP contribution < -0.4 is 4.31 Å². The summed E-state index contributed by atoms with van der Waals surface area (Å²) in [4.78, 5) is 25.0. The summed E-state index contributed by atoms with van der Waals surface area (Å²) in [6, 6.07) is 14.9. The molecule has 3 rings (SSSR count). The van der Waals surface area contributed by atoms with Gasteiger partial charge in [0.2, 0.25) is 0 Å². The van der Waals surface area contributed by atoms with E-state index in [1.807, 2.05) is 6.07 Å². The zero-order valence-electron chi connectivity index (χ0n) is 18.0. The lowest BCUT2D eigenvalue weighted by atomic mass is 10.1. The number of rotatable bonds is 6. The highest BCUT2D eigenvalue weighted by molar-refractivity contribution is 7.81. The summed E-state index contributed by atoms with van der Waals surface area (Å²) in [5.74, 6) is -1.66. The summed E-state index contributed by atoms with van der Waals surface area (Å²) in [5, 5.41) is 9.13. The minimum Gasteiger partial charge on any atom is -0.478 e. The number of benzene rings is 2. The van der Waals surface area contributed by atoms with Gasteiger partial charge in [-0.05, 0) is 63.1 Å². The SMILES string of the molecule is Cc1ccccc1N(c1cc(-c2ccc(C(=O)O)cc2)sc1C(=O)OC(C)(C)C)S(=O)O. The first kappa shape index (κ1) is 23.6. The summed E-state index contributed by atoms with van der Waals surface area (Å²) in [6.45, 7) is 7.04. The number of carboxylic acids is 1. The second kappa shape index (κ2) is 9.23. The van der Waals surface area contributed by atoms with Crippen LogP contribution in [-0.4, -0.2) is 31.4 Å². The highest BCUT2D eigenvalue weighted by atomic mass is 32.2. The lowest BCUT2D eigenvalue weighted by molar-refractivity contribution is 0.00760. The number of para-hydroxylation sites is 1. The zero-order chi connectivity index (χ0) is 23.6. The van der Waals surface area contributed by atoms with Crippen molar-refractivity contribution < 1.29 is 28.2 Å². The van der Waals surface area contributed by atoms with Crippen LogP contribution in [0.4, 0.5) is 11.4 Å². The smallest absolute Gasteiger partial charge is 0.351 e. The van der Waals surface area contributed by atoms with Gasteiger partial charge in [-0.25, -0.2) is 18.1 Å². The molecule has 32 heavy (non-hydrogen) atoms. The molecule has 0 radical (unpaired) electrons. The molecule has 1 aromatic heterocycles. The summed E-state index contributed by atoms with van der Waals surface area (Å²) in [7, 11) is 0. The van der Waals surface area contributed by atoms with E-state index in [-0.39, 0.29) is 16.1 Å². The summed E-state index contributed by atoms with van der Waals surface area (Å²) in [6.07, 6.45) is 0. The van der Waals surface area contributed by atoms with E-state index in [1.54, 1.807) is 64.1 Å². The maximum atomic E-state index is 13.0. The molecular formula is C23H23NO6S2. The maximum absolute atomic E-state index is 13.0. The average Bonchev–Trinajstić information content (AvgIpc) is 3.13. The molecule has 1 heterocycles. The van der Waals surface area contributed by atoms with Crippen LogP contribution in [0, 0.1) is 6.92 Å². The van der Waals surface area contributed by atoms with E-state index in [9.17, 15) is 18.4 Å². The standard InChI is InChI=1S/C23H23NO6S2/c1-14-7-5-6-8-17(14)24(32(28)29)18-13-19(15-9-11-16(12-10-15)21(25)26)31-20(18)22(27)30-23(2,3)4/h5-13H,1-4H3,(H,25,26)(H,28,29). The fourth-order valence-corrected chi connectivity index (χ4v) is 4.78. The summed E-state index contributed by atoms with van der Waals surface area (Å²) >= 11 is -1.35. The third kappa shape index (κ3) is 5.24. The van der Waals surface area contributed by atoms with Gasteiger partial charge in [-0.1, -0.05) is 30.3 Å². The van der Waals surface area contributed by atoms with E-state index < -0.39 is 28.8 Å². The van der Waals surface area contributed by atoms with Crippen molar-refractivity contribution in [1.82, 2.24) is 0 Å². The number of esters is 1. The third-order valence-electron chi connectivity index (χ3n) is 4.42. The van der Waals surface area contributed by atoms with Gasteiger partial charge in [0.1, 0.15) is 10.5 Å². The van der Waals surface area contributed by atoms with Gasteiger partial charge in [-0.3, -0.25) is 4.55 Å². The second-order valence-corrected chi connectivity index (χ2v) is 9.90. The first-order valence-corrected chi connectivity index (χ1v) is 11.5. The van der Waals surface area contributed by atoms with E-state index in [1.165, 1.54) is 16.4 Å². The van der Waals surface area contributed by atoms with Crippen molar-refractivity contribution in [2.75, 3.05) is 4.31 Å². The first-order chi connectivity index (χ1) is 15.0. The van der Waals surface area contributed by atoms with Crippen LogP contribution in [0.3, 0.4) is 0 Å². The van der Waals surface area contributed by atoms with E-state index >= 15 is 0 Å². The molecule has 168 valence electrons. The van der Waals surface area contributed by atoms with Crippen LogP contribution in [-0.2, 0) is 16.0 Å². The molecule has 0 aliphatic carbocycles. The van der Waals surface area contributed by atoms with Gasteiger partial charge in [-0.15, -0.1) is 11.3 Å². The Morgan fingerprint density at radius 1 is 1.03 bits per heavy atom. The highest BCUT2D eigenvalue weighted by Crippen LogP contribution is 2.42. The lowest BCUT2D eigenvalue weighted by Gasteiger charge is -2.23. The number of hydrogen-bond acceptors (Lipinski definition) is 5. The Morgan fingerprint density at radius 3 is 2.19 bits per heavy atom. The van der Waals surface area contributed by atoms with E-state index in [2.05, 4.69) is 0 Å². The van der Waals surface area contributed by atoms with Crippen molar-refractivity contribution in [3.63, 3.8) is 0 Å². The fourth-order valence-electron chi connectivity index (χ4n) is 3.01. The predicted octanol–water partition coefficient (Wildman–Crippen LogP) is 5.65. The van der Waals surface area contributed by atoms with Gasteiger partial charge in [0.25, 0.3) is 11.3 Å². The molecule has 1 atom stereocenters. The quantitative estimate of drug-likeness (QED) is 0.354. The van der Waals surface area contributed by atoms with Crippen LogP contribution in [0.5, 0.6) is 0 Å². The first-order valence-electron chi connectivity index (χ1n) is 9.65. The number of anilines is 2. The molecule has 0 saturated heterocycles. The zero-order valence-corrected chi connectivity index (χ0v) is 19.6. The van der Waals surface area contributed by atoms with E-state index in [0.717, 1.165) is 16.9 Å². The van der Waals surface area contributed by atoms with Crippen LogP contribution in [0.2, 0.25) is 0 Å². The molecule has 0 saturated carbocycles. The van der Waals surface area contributed by atoms with Crippen molar-refractivity contribution in [2.24, 2.45) is 0 Å². The Morgan fingerprint density at radius 2 is 1.66 bits per heavy atom. The molecule has 7 nitrogen and oxygen atoms in total. The van der Waals surface area contributed by atoms with Crippen molar-refractivity contribution >= 4 is 45.9 Å². The number of nitrogens with zero attached hydrogens (tertiary/aromatic N) is 1. The monoisotopic (exact) mass is 473 g/mol. The normalized spacial score (nSPS) is 12.3. The molecular weight excluding hydrogens is 450 g/mol. The second-order valence-electron chi connectivity index (χ2n) is 8.02. The highest BCUT2D eigenvalue weighted by Gasteiger charge is 2.29. The number of hydrogen-bond donors (Lipinski definition) is 2. The van der Waals surface area contributed by atoms with Crippen molar-refractivity contribution in [1.29, 1.82) is 0 Å². The van der Waals surface area contributed by atoms with Gasteiger partial charge < -0.3 is 9.84 Å². The molecule has 0 bridgehead atoms. The van der Waals surface area contributed by atoms with Crippen molar-refractivity contribution in [3.05, 3.63) is 70.6 Å². The minimum absolute atomic E-state index is 0.135. The fraction of sp³-hybridized carbons (Fsp3) is 0.217. The Hall–Kier alpha value is -3.01. The molecule has 0 aliphatic rings. The Balaban J connectivity index is 2.18. The Kier molecular flexibility index (Phi) is 6.82. The van der Waals surface area contributed by atoms with Crippen molar-refractivity contribution in [2.45, 2.75) is 33.3 Å². The predicted molar refractivity (Wildman–Crippen MR) is 126 cm³/mol. The maximum Gasteiger partial charge on any atom is 0.351 e. The number of carbonyl (C=O) groups is 2. The van der Waals surface area contributed by atoms with E-state index in [4.69, 9.17) is 9.84 Å². The molecule has 0 spiro atoms. The molecule has 2 aromatic carbocycles. The van der Waals surface area contributed by atoms with Gasteiger partial charge in [0.15, 0.2) is 0 Å². The number of carbonyl (C=O) groups excluding carboxylic acids is 1. The van der Waals surface area contributed by atoms with E-state index in [0.29, 0.717) is 16.1 Å². The van der Waals surface area contributed by atoms with Crippen LogP contribution >= 0.6 is 11.3 Å². The minimum atomic E-state index is -2.46. The number of aromatic carboxylic acids is 1. The van der Waals surface area contributed by atoms with Gasteiger partial charge in [0.05, 0.1) is 16.9 Å². The summed E-state index contributed by atoms with van der Waals surface area (Å²) in [5.41, 5.74) is 1.51. The Labute approximate surface area is 192 Å². The van der Waals surface area contributed by atoms with Gasteiger partial charge >= 0.3 is 11.9 Å². The van der Waals surface area contributed by atoms with Gasteiger partial charge in [-0.2, -0.15) is 0 Å². The van der Waals surface area contributed by atoms with Crippen LogP contribution in [0.25, 0.3) is 10.4 Å². The lowest BCUT2D eigenvalue weighted by Crippen LogP contribution is -2.26. The number of thiophene rings is 1. The molecule has 0 fully saturated rings.